The van der Waals surface area contributed by atoms with Crippen LogP contribution in [-0.4, -0.2) is 62.0 Å². The number of carbonyl (C=O) groups is 2. The maximum Gasteiger partial charge on any atom is 0.490 e. The number of aromatic nitrogens is 3. The van der Waals surface area contributed by atoms with E-state index >= 15 is 0 Å². The molecular weight excluding hydrogens is 439 g/mol. The average molecular weight is 465 g/mol. The van der Waals surface area contributed by atoms with Crippen LogP contribution in [0.5, 0.6) is 0 Å². The number of halogens is 3. The minimum Gasteiger partial charge on any atom is -0.475 e. The van der Waals surface area contributed by atoms with Crippen molar-refractivity contribution in [2.24, 2.45) is 11.8 Å². The molecule has 178 valence electrons. The number of carboxylic acid groups (broad SMARTS) is 1. The van der Waals surface area contributed by atoms with Crippen molar-refractivity contribution in [2.75, 3.05) is 13.1 Å². The maximum absolute atomic E-state index is 12.6. The molecule has 1 aliphatic carbocycles. The van der Waals surface area contributed by atoms with Gasteiger partial charge in [0, 0.05) is 38.6 Å². The van der Waals surface area contributed by atoms with Crippen molar-refractivity contribution < 1.29 is 27.9 Å². The Kier molecular flexibility index (Phi) is 6.68. The highest BCUT2D eigenvalue weighted by Crippen LogP contribution is 2.37. The van der Waals surface area contributed by atoms with E-state index in [2.05, 4.69) is 25.0 Å². The molecule has 3 heterocycles. The average Bonchev–Trinajstić information content (AvgIpc) is 3.32. The molecule has 33 heavy (non-hydrogen) atoms. The summed E-state index contributed by atoms with van der Waals surface area (Å²) in [4.78, 5) is 24.2. The van der Waals surface area contributed by atoms with E-state index in [0.717, 1.165) is 36.9 Å². The lowest BCUT2D eigenvalue weighted by atomic mass is 9.89. The van der Waals surface area contributed by atoms with Gasteiger partial charge in [0.25, 0.3) is 5.91 Å². The number of aliphatic carboxylic acids is 1. The summed E-state index contributed by atoms with van der Waals surface area (Å²) in [6.07, 6.45) is -0.0298. The zero-order chi connectivity index (χ0) is 23.6. The molecule has 0 spiro atoms. The molecule has 11 heteroatoms. The fourth-order valence-electron chi connectivity index (χ4n) is 4.64. The first-order valence-electron chi connectivity index (χ1n) is 11.0. The monoisotopic (exact) mass is 465 g/mol. The van der Waals surface area contributed by atoms with Crippen LogP contribution in [0.25, 0.3) is 0 Å². The molecule has 1 amide bonds. The number of fused-ring (bicyclic) bond motifs is 2. The van der Waals surface area contributed by atoms with Crippen molar-refractivity contribution in [3.05, 3.63) is 47.5 Å². The normalized spacial score (nSPS) is 22.4. The Morgan fingerprint density at radius 1 is 1.06 bits per heavy atom. The van der Waals surface area contributed by atoms with E-state index in [4.69, 9.17) is 9.90 Å². The van der Waals surface area contributed by atoms with Gasteiger partial charge < -0.3 is 15.0 Å². The third-order valence-corrected chi connectivity index (χ3v) is 6.63. The van der Waals surface area contributed by atoms with Crippen LogP contribution < -0.4 is 5.32 Å². The number of alkyl halides is 3. The Hall–Kier alpha value is -2.95. The number of nitrogens with zero attached hydrogens (tertiary/aromatic N) is 4. The van der Waals surface area contributed by atoms with Crippen LogP contribution in [0.15, 0.2) is 30.3 Å². The SMILES string of the molecule is O=C(NCc1ccccc1)c1nnc2n1CC1CN(C3CCC3)CC1C2.O=C(O)C(F)(F)F. The first-order valence-corrected chi connectivity index (χ1v) is 11.0. The lowest BCUT2D eigenvalue weighted by Crippen LogP contribution is -2.38. The highest BCUT2D eigenvalue weighted by atomic mass is 19.4. The number of likely N-dealkylation sites (tertiary alicyclic amines) is 1. The predicted octanol–water partition coefficient (Wildman–Crippen LogP) is 2.50. The van der Waals surface area contributed by atoms with Crippen molar-refractivity contribution in [3.8, 4) is 0 Å². The second-order valence-corrected chi connectivity index (χ2v) is 8.78. The lowest BCUT2D eigenvalue weighted by molar-refractivity contribution is -0.192. The summed E-state index contributed by atoms with van der Waals surface area (Å²) in [5, 5.41) is 18.6. The molecule has 2 fully saturated rings. The van der Waals surface area contributed by atoms with Crippen molar-refractivity contribution in [1.29, 1.82) is 0 Å². The summed E-state index contributed by atoms with van der Waals surface area (Å²) in [6, 6.07) is 10.8. The summed E-state index contributed by atoms with van der Waals surface area (Å²) in [5.41, 5.74) is 1.09. The van der Waals surface area contributed by atoms with Gasteiger partial charge in [0.1, 0.15) is 5.82 Å². The van der Waals surface area contributed by atoms with Gasteiger partial charge in [-0.05, 0) is 30.2 Å². The van der Waals surface area contributed by atoms with Gasteiger partial charge in [-0.1, -0.05) is 36.8 Å². The zero-order valence-electron chi connectivity index (χ0n) is 18.0. The summed E-state index contributed by atoms with van der Waals surface area (Å²) < 4.78 is 33.8. The topological polar surface area (TPSA) is 100 Å². The van der Waals surface area contributed by atoms with Crippen molar-refractivity contribution in [2.45, 2.75) is 51.0 Å². The van der Waals surface area contributed by atoms with Gasteiger partial charge in [-0.25, -0.2) is 4.79 Å². The molecule has 5 rings (SSSR count). The van der Waals surface area contributed by atoms with Crippen LogP contribution in [0, 0.1) is 11.8 Å². The van der Waals surface area contributed by atoms with Gasteiger partial charge in [0.15, 0.2) is 0 Å². The molecule has 1 aromatic carbocycles. The number of rotatable bonds is 4. The third kappa shape index (κ3) is 5.35. The minimum absolute atomic E-state index is 0.125. The number of carbonyl (C=O) groups excluding carboxylic acids is 1. The van der Waals surface area contributed by atoms with Gasteiger partial charge in [0.2, 0.25) is 5.82 Å². The Labute approximate surface area is 188 Å². The van der Waals surface area contributed by atoms with Gasteiger partial charge in [0.05, 0.1) is 0 Å². The maximum atomic E-state index is 12.6. The van der Waals surface area contributed by atoms with Crippen LogP contribution in [-0.2, 0) is 24.3 Å². The number of carboxylic acids is 1. The van der Waals surface area contributed by atoms with E-state index in [1.165, 1.54) is 25.8 Å². The molecule has 2 atom stereocenters. The molecular formula is C22H26F3N5O3. The smallest absolute Gasteiger partial charge is 0.475 e. The van der Waals surface area contributed by atoms with Crippen LogP contribution in [0.1, 0.15) is 41.3 Å². The van der Waals surface area contributed by atoms with Gasteiger partial charge in [-0.3, -0.25) is 9.69 Å². The molecule has 2 N–H and O–H groups in total. The second kappa shape index (κ2) is 9.50. The summed E-state index contributed by atoms with van der Waals surface area (Å²) in [6.45, 7) is 3.75. The number of amides is 1. The molecule has 0 bridgehead atoms. The predicted molar refractivity (Wildman–Crippen MR) is 111 cm³/mol. The molecule has 8 nitrogen and oxygen atoms in total. The Morgan fingerprint density at radius 3 is 2.33 bits per heavy atom. The fourth-order valence-corrected chi connectivity index (χ4v) is 4.64. The quantitative estimate of drug-likeness (QED) is 0.720. The van der Waals surface area contributed by atoms with Crippen LogP contribution >= 0.6 is 0 Å². The lowest BCUT2D eigenvalue weighted by Gasteiger charge is -2.34. The summed E-state index contributed by atoms with van der Waals surface area (Å²) >= 11 is 0. The molecule has 0 radical (unpaired) electrons. The molecule has 1 saturated carbocycles. The van der Waals surface area contributed by atoms with E-state index in [0.29, 0.717) is 24.2 Å². The first-order chi connectivity index (χ1) is 15.7. The van der Waals surface area contributed by atoms with Crippen molar-refractivity contribution >= 4 is 11.9 Å². The second-order valence-electron chi connectivity index (χ2n) is 8.78. The largest absolute Gasteiger partial charge is 0.490 e. The van der Waals surface area contributed by atoms with Crippen LogP contribution in [0.4, 0.5) is 13.2 Å². The Morgan fingerprint density at radius 2 is 1.73 bits per heavy atom. The molecule has 1 saturated heterocycles. The van der Waals surface area contributed by atoms with Gasteiger partial charge in [-0.2, -0.15) is 13.2 Å². The number of hydrogen-bond donors (Lipinski definition) is 2. The standard InChI is InChI=1S/C20H25N5O.C2HF3O2/c26-20(21-10-14-5-2-1-3-6-14)19-23-22-18-9-15-11-24(17-7-4-8-17)12-16(15)13-25(18)19;3-2(4,5)1(6)7/h1-3,5-6,15-17H,4,7-13H2,(H,21,26);(H,6,7). The van der Waals surface area contributed by atoms with Gasteiger partial charge in [-0.15, -0.1) is 10.2 Å². The van der Waals surface area contributed by atoms with Crippen LogP contribution in [0.2, 0.25) is 0 Å². The Bertz CT molecular complexity index is 991. The van der Waals surface area contributed by atoms with E-state index in [-0.39, 0.29) is 5.91 Å². The van der Waals surface area contributed by atoms with E-state index in [1.54, 1.807) is 0 Å². The summed E-state index contributed by atoms with van der Waals surface area (Å²) in [7, 11) is 0. The first kappa shape index (κ1) is 23.2. The van der Waals surface area contributed by atoms with Crippen molar-refractivity contribution in [3.63, 3.8) is 0 Å². The highest BCUT2D eigenvalue weighted by Gasteiger charge is 2.42. The number of nitrogens with one attached hydrogen (secondary N) is 1. The van der Waals surface area contributed by atoms with E-state index in [1.807, 2.05) is 30.3 Å². The molecule has 2 unspecified atom stereocenters. The van der Waals surface area contributed by atoms with Crippen molar-refractivity contribution in [1.82, 2.24) is 25.0 Å². The van der Waals surface area contributed by atoms with E-state index < -0.39 is 12.1 Å². The molecule has 2 aliphatic heterocycles. The fraction of sp³-hybridized carbons (Fsp3) is 0.545. The minimum atomic E-state index is -5.08. The third-order valence-electron chi connectivity index (χ3n) is 6.63. The Balaban J connectivity index is 0.000000325. The van der Waals surface area contributed by atoms with Gasteiger partial charge >= 0.3 is 12.1 Å². The number of benzene rings is 1. The molecule has 3 aliphatic rings. The van der Waals surface area contributed by atoms with Crippen LogP contribution in [0.3, 0.4) is 0 Å². The zero-order valence-corrected chi connectivity index (χ0v) is 18.0. The molecule has 1 aromatic heterocycles. The highest BCUT2D eigenvalue weighted by molar-refractivity contribution is 5.90. The number of hydrogen-bond acceptors (Lipinski definition) is 5. The van der Waals surface area contributed by atoms with E-state index in [9.17, 15) is 18.0 Å². The molecule has 2 aromatic rings. The summed E-state index contributed by atoms with van der Waals surface area (Å²) in [5.74, 6) is -0.136.